The Morgan fingerprint density at radius 1 is 1.22 bits per heavy atom. The second-order valence-electron chi connectivity index (χ2n) is 3.71. The fourth-order valence-electron chi connectivity index (χ4n) is 1.72. The van der Waals surface area contributed by atoms with Crippen molar-refractivity contribution in [3.8, 4) is 11.3 Å². The molecular weight excluding hydrogens is 232 g/mol. The maximum Gasteiger partial charge on any atom is 0.373 e. The van der Waals surface area contributed by atoms with Gasteiger partial charge in [0.05, 0.1) is 23.1 Å². The van der Waals surface area contributed by atoms with Gasteiger partial charge in [0.15, 0.2) is 0 Å². The molecule has 0 saturated heterocycles. The van der Waals surface area contributed by atoms with Crippen LogP contribution in [0.2, 0.25) is 0 Å². The van der Waals surface area contributed by atoms with Crippen LogP contribution in [0, 0.1) is 0 Å². The average Bonchev–Trinajstić information content (AvgIpc) is 2.86. The van der Waals surface area contributed by atoms with Gasteiger partial charge in [0, 0.05) is 11.8 Å². The topological polar surface area (TPSA) is 91.8 Å². The van der Waals surface area contributed by atoms with E-state index in [1.54, 1.807) is 12.4 Å². The highest BCUT2D eigenvalue weighted by atomic mass is 16.4. The summed E-state index contributed by atoms with van der Waals surface area (Å²) in [4.78, 5) is 25.6. The van der Waals surface area contributed by atoms with Crippen molar-refractivity contribution in [2.45, 2.75) is 0 Å². The van der Waals surface area contributed by atoms with Crippen LogP contribution in [0.3, 0.4) is 0 Å². The lowest BCUT2D eigenvalue weighted by atomic mass is 10.1. The summed E-state index contributed by atoms with van der Waals surface area (Å²) in [5.41, 5.74) is 3.12. The van der Waals surface area contributed by atoms with Gasteiger partial charge in [0.25, 0.3) is 0 Å². The molecule has 1 aromatic carbocycles. The zero-order valence-electron chi connectivity index (χ0n) is 9.16. The summed E-state index contributed by atoms with van der Waals surface area (Å²) in [5.74, 6) is -1.35. The highest BCUT2D eigenvalue weighted by molar-refractivity contribution is 5.84. The number of H-pyrrole nitrogens is 1. The second kappa shape index (κ2) is 3.92. The molecule has 18 heavy (non-hydrogen) atoms. The van der Waals surface area contributed by atoms with E-state index >= 15 is 0 Å². The minimum atomic E-state index is -1.14. The number of carbonyl (C=O) groups is 1. The molecule has 0 radical (unpaired) electrons. The van der Waals surface area contributed by atoms with E-state index in [4.69, 9.17) is 5.11 Å². The van der Waals surface area contributed by atoms with Crippen molar-refractivity contribution >= 4 is 17.0 Å². The molecule has 3 rings (SSSR count). The van der Waals surface area contributed by atoms with Gasteiger partial charge in [-0.05, 0) is 18.2 Å². The molecule has 6 nitrogen and oxygen atoms in total. The molecule has 0 aliphatic rings. The van der Waals surface area contributed by atoms with Crippen molar-refractivity contribution in [3.63, 3.8) is 0 Å². The minimum Gasteiger partial charge on any atom is -0.475 e. The number of carboxylic acid groups (broad SMARTS) is 1. The number of nitrogens with zero attached hydrogens (tertiary/aromatic N) is 3. The van der Waals surface area contributed by atoms with Gasteiger partial charge in [-0.2, -0.15) is 0 Å². The van der Waals surface area contributed by atoms with E-state index < -0.39 is 5.97 Å². The maximum absolute atomic E-state index is 10.8. The highest BCUT2D eigenvalue weighted by Crippen LogP contribution is 2.20. The Balaban J connectivity index is 2.13. The van der Waals surface area contributed by atoms with Gasteiger partial charge < -0.3 is 10.1 Å². The van der Waals surface area contributed by atoms with Crippen LogP contribution in [0.4, 0.5) is 0 Å². The lowest BCUT2D eigenvalue weighted by Gasteiger charge is -2.01. The number of hydrogen-bond acceptors (Lipinski definition) is 4. The summed E-state index contributed by atoms with van der Waals surface area (Å²) < 4.78 is 0. The van der Waals surface area contributed by atoms with Gasteiger partial charge in [-0.3, -0.25) is 0 Å². The van der Waals surface area contributed by atoms with Crippen LogP contribution in [0.1, 0.15) is 10.6 Å². The molecule has 0 amide bonds. The van der Waals surface area contributed by atoms with E-state index in [0.717, 1.165) is 16.6 Å². The van der Waals surface area contributed by atoms with Crippen LogP contribution in [-0.2, 0) is 0 Å². The molecule has 2 aromatic heterocycles. The number of nitrogens with one attached hydrogen (secondary N) is 1. The second-order valence-corrected chi connectivity index (χ2v) is 3.71. The summed E-state index contributed by atoms with van der Waals surface area (Å²) in [6, 6.07) is 7.24. The molecule has 2 heterocycles. The lowest BCUT2D eigenvalue weighted by Crippen LogP contribution is -2.04. The zero-order valence-corrected chi connectivity index (χ0v) is 9.16. The molecule has 0 atom stereocenters. The number of aromatic carboxylic acids is 1. The fourth-order valence-corrected chi connectivity index (χ4v) is 1.72. The molecular formula is C12H8N4O2. The lowest BCUT2D eigenvalue weighted by molar-refractivity contribution is 0.0683. The van der Waals surface area contributed by atoms with E-state index in [9.17, 15) is 4.79 Å². The summed E-state index contributed by atoms with van der Waals surface area (Å²) >= 11 is 0. The number of aromatic amines is 1. The van der Waals surface area contributed by atoms with Crippen molar-refractivity contribution in [1.82, 2.24) is 19.9 Å². The third kappa shape index (κ3) is 1.69. The van der Waals surface area contributed by atoms with Crippen molar-refractivity contribution in [3.05, 3.63) is 42.6 Å². The molecule has 6 heteroatoms. The Morgan fingerprint density at radius 3 is 2.94 bits per heavy atom. The van der Waals surface area contributed by atoms with E-state index in [-0.39, 0.29) is 5.82 Å². The van der Waals surface area contributed by atoms with Crippen LogP contribution in [0.15, 0.2) is 36.8 Å². The molecule has 0 saturated carbocycles. The number of carboxylic acids is 1. The Labute approximate surface area is 101 Å². The van der Waals surface area contributed by atoms with Crippen LogP contribution in [-0.4, -0.2) is 31.0 Å². The average molecular weight is 240 g/mol. The van der Waals surface area contributed by atoms with Gasteiger partial charge in [-0.15, -0.1) is 0 Å². The molecule has 0 unspecified atom stereocenters. The Bertz CT molecular complexity index is 736. The Kier molecular flexibility index (Phi) is 2.26. The molecule has 0 spiro atoms. The van der Waals surface area contributed by atoms with Crippen LogP contribution in [0.25, 0.3) is 22.3 Å². The fraction of sp³-hybridized carbons (Fsp3) is 0. The molecule has 0 bridgehead atoms. The number of hydrogen-bond donors (Lipinski definition) is 2. The molecule has 0 fully saturated rings. The predicted molar refractivity (Wildman–Crippen MR) is 64.1 cm³/mol. The summed E-state index contributed by atoms with van der Waals surface area (Å²) in [6.07, 6.45) is 3.04. The highest BCUT2D eigenvalue weighted by Gasteiger charge is 2.09. The Morgan fingerprint density at radius 2 is 2.11 bits per heavy atom. The van der Waals surface area contributed by atoms with Gasteiger partial charge in [0.2, 0.25) is 5.82 Å². The Hall–Kier alpha value is -2.76. The summed E-state index contributed by atoms with van der Waals surface area (Å²) in [5, 5.41) is 8.85. The number of rotatable bonds is 2. The normalized spacial score (nSPS) is 10.7. The van der Waals surface area contributed by atoms with Crippen LogP contribution < -0.4 is 0 Å². The predicted octanol–water partition coefficient (Wildman–Crippen LogP) is 1.72. The van der Waals surface area contributed by atoms with Crippen molar-refractivity contribution < 1.29 is 9.90 Å². The van der Waals surface area contributed by atoms with Crippen molar-refractivity contribution in [2.24, 2.45) is 0 Å². The first kappa shape index (κ1) is 10.4. The van der Waals surface area contributed by atoms with E-state index in [1.165, 1.54) is 6.20 Å². The molecule has 2 N–H and O–H groups in total. The monoisotopic (exact) mass is 240 g/mol. The number of benzene rings is 1. The summed E-state index contributed by atoms with van der Waals surface area (Å²) in [6.45, 7) is 0. The van der Waals surface area contributed by atoms with Gasteiger partial charge in [-0.1, -0.05) is 6.07 Å². The first-order valence-corrected chi connectivity index (χ1v) is 5.24. The van der Waals surface area contributed by atoms with E-state index in [0.29, 0.717) is 5.69 Å². The molecule has 88 valence electrons. The largest absolute Gasteiger partial charge is 0.475 e. The number of imidazole rings is 1. The minimum absolute atomic E-state index is 0.211. The molecule has 0 aliphatic heterocycles. The maximum atomic E-state index is 10.8. The molecule has 3 aromatic rings. The zero-order chi connectivity index (χ0) is 12.5. The standard InChI is InChI=1S/C12H8N4O2/c17-12(18)11-13-4-3-8(16-11)7-1-2-9-10(5-7)15-6-14-9/h1-6H,(H,14,15)(H,17,18). The van der Waals surface area contributed by atoms with Crippen molar-refractivity contribution in [1.29, 1.82) is 0 Å². The van der Waals surface area contributed by atoms with Gasteiger partial charge in [-0.25, -0.2) is 19.7 Å². The van der Waals surface area contributed by atoms with E-state index in [2.05, 4.69) is 19.9 Å². The first-order valence-electron chi connectivity index (χ1n) is 5.24. The van der Waals surface area contributed by atoms with Crippen LogP contribution >= 0.6 is 0 Å². The smallest absolute Gasteiger partial charge is 0.373 e. The third-order valence-electron chi connectivity index (χ3n) is 2.56. The van der Waals surface area contributed by atoms with E-state index in [1.807, 2.05) is 18.2 Å². The van der Waals surface area contributed by atoms with Crippen molar-refractivity contribution in [2.75, 3.05) is 0 Å². The van der Waals surface area contributed by atoms with Gasteiger partial charge in [0.1, 0.15) is 0 Å². The SMILES string of the molecule is O=C(O)c1nccc(-c2ccc3nc[nH]c3c2)n1. The van der Waals surface area contributed by atoms with Gasteiger partial charge >= 0.3 is 5.97 Å². The summed E-state index contributed by atoms with van der Waals surface area (Å²) in [7, 11) is 0. The number of aromatic nitrogens is 4. The number of fused-ring (bicyclic) bond motifs is 1. The van der Waals surface area contributed by atoms with Crippen LogP contribution in [0.5, 0.6) is 0 Å². The third-order valence-corrected chi connectivity index (χ3v) is 2.56. The quantitative estimate of drug-likeness (QED) is 0.711. The first-order chi connectivity index (χ1) is 8.74. The molecule has 0 aliphatic carbocycles.